The lowest BCUT2D eigenvalue weighted by molar-refractivity contribution is 0.0939. The zero-order chi connectivity index (χ0) is 15.1. The zero-order valence-corrected chi connectivity index (χ0v) is 13.3. The Morgan fingerprint density at radius 3 is 2.43 bits per heavy atom. The van der Waals surface area contributed by atoms with Crippen molar-refractivity contribution in [2.75, 3.05) is 0 Å². The molecule has 0 unspecified atom stereocenters. The molecule has 0 atom stereocenters. The monoisotopic (exact) mass is 316 g/mol. The molecule has 0 radical (unpaired) electrons. The third-order valence-electron chi connectivity index (χ3n) is 3.70. The van der Waals surface area contributed by atoms with Crippen LogP contribution >= 0.6 is 23.2 Å². The van der Waals surface area contributed by atoms with E-state index in [1.54, 1.807) is 6.07 Å². The lowest BCUT2D eigenvalue weighted by Crippen LogP contribution is -2.08. The first-order chi connectivity index (χ1) is 10.0. The van der Waals surface area contributed by atoms with E-state index in [0.717, 1.165) is 21.5 Å². The van der Waals surface area contributed by atoms with E-state index in [-0.39, 0.29) is 11.7 Å². The zero-order valence-electron chi connectivity index (χ0n) is 11.8. The Balaban J connectivity index is 2.42. The quantitative estimate of drug-likeness (QED) is 0.410. The van der Waals surface area contributed by atoms with Crippen LogP contribution in [0.1, 0.15) is 24.2 Å². The van der Waals surface area contributed by atoms with Gasteiger partial charge in [0.2, 0.25) is 0 Å². The van der Waals surface area contributed by atoms with Crippen LogP contribution in [0, 0.1) is 5.92 Å². The van der Waals surface area contributed by atoms with Crippen LogP contribution in [0.4, 0.5) is 0 Å². The summed E-state index contributed by atoms with van der Waals surface area (Å²) >= 11 is 12.9. The molecule has 21 heavy (non-hydrogen) atoms. The summed E-state index contributed by atoms with van der Waals surface area (Å²) in [5.41, 5.74) is 0.538. The number of benzene rings is 3. The van der Waals surface area contributed by atoms with Crippen LogP contribution < -0.4 is 0 Å². The minimum Gasteiger partial charge on any atom is -0.294 e. The third-order valence-corrected chi connectivity index (χ3v) is 4.39. The summed E-state index contributed by atoms with van der Waals surface area (Å²) in [5, 5.41) is 4.90. The van der Waals surface area contributed by atoms with Crippen molar-refractivity contribution in [2.24, 2.45) is 5.92 Å². The van der Waals surface area contributed by atoms with E-state index >= 15 is 0 Å². The van der Waals surface area contributed by atoms with E-state index in [1.807, 2.05) is 50.2 Å². The summed E-state index contributed by atoms with van der Waals surface area (Å²) in [6.45, 7) is 3.73. The van der Waals surface area contributed by atoms with Gasteiger partial charge in [-0.05, 0) is 28.3 Å². The molecule has 0 aliphatic rings. The van der Waals surface area contributed by atoms with Crippen molar-refractivity contribution < 1.29 is 4.79 Å². The van der Waals surface area contributed by atoms with Gasteiger partial charge in [-0.15, -0.1) is 0 Å². The molecule has 0 amide bonds. The number of carbonyl (C=O) groups excluding carboxylic acids is 1. The van der Waals surface area contributed by atoms with E-state index in [1.165, 1.54) is 0 Å². The van der Waals surface area contributed by atoms with Crippen LogP contribution in [-0.2, 0) is 0 Å². The summed E-state index contributed by atoms with van der Waals surface area (Å²) < 4.78 is 0. The van der Waals surface area contributed by atoms with E-state index < -0.39 is 0 Å². The largest absolute Gasteiger partial charge is 0.294 e. The van der Waals surface area contributed by atoms with E-state index in [2.05, 4.69) is 0 Å². The molecule has 0 aromatic heterocycles. The molecular weight excluding hydrogens is 303 g/mol. The second kappa shape index (κ2) is 5.32. The van der Waals surface area contributed by atoms with Crippen molar-refractivity contribution in [3.63, 3.8) is 0 Å². The van der Waals surface area contributed by atoms with Gasteiger partial charge in [0, 0.05) is 16.9 Å². The summed E-state index contributed by atoms with van der Waals surface area (Å²) in [4.78, 5) is 12.3. The molecule has 0 N–H and O–H groups in total. The Kier molecular flexibility index (Phi) is 3.64. The van der Waals surface area contributed by atoms with Gasteiger partial charge in [-0.3, -0.25) is 4.79 Å². The fourth-order valence-electron chi connectivity index (χ4n) is 2.61. The standard InChI is InChI=1S/C18H14Cl2O/c1-10(2)18(21)14-8-7-13-12-6-4-3-5-11(12)9-15(19)16(13)17(14)20/h3-10H,1-2H3. The molecule has 0 bridgehead atoms. The molecule has 0 aliphatic heterocycles. The highest BCUT2D eigenvalue weighted by molar-refractivity contribution is 6.45. The maximum atomic E-state index is 12.3. The van der Waals surface area contributed by atoms with Crippen molar-refractivity contribution in [1.82, 2.24) is 0 Å². The third kappa shape index (κ3) is 2.31. The Labute approximate surface area is 133 Å². The fraction of sp³-hybridized carbons (Fsp3) is 0.167. The predicted octanol–water partition coefficient (Wildman–Crippen LogP) is 6.14. The number of hydrogen-bond donors (Lipinski definition) is 0. The minimum absolute atomic E-state index is 0.0334. The van der Waals surface area contributed by atoms with Gasteiger partial charge >= 0.3 is 0 Å². The van der Waals surface area contributed by atoms with Crippen molar-refractivity contribution >= 4 is 50.5 Å². The Bertz CT molecular complexity index is 866. The molecule has 0 saturated carbocycles. The average molecular weight is 317 g/mol. The highest BCUT2D eigenvalue weighted by Crippen LogP contribution is 2.38. The van der Waals surface area contributed by atoms with Crippen molar-refractivity contribution in [2.45, 2.75) is 13.8 Å². The predicted molar refractivity (Wildman–Crippen MR) is 90.6 cm³/mol. The van der Waals surface area contributed by atoms with E-state index in [0.29, 0.717) is 15.6 Å². The van der Waals surface area contributed by atoms with E-state index in [9.17, 15) is 4.79 Å². The fourth-order valence-corrected chi connectivity index (χ4v) is 3.33. The van der Waals surface area contributed by atoms with Crippen molar-refractivity contribution in [3.05, 3.63) is 58.1 Å². The molecule has 0 fully saturated rings. The molecule has 3 aromatic rings. The van der Waals surface area contributed by atoms with Gasteiger partial charge in [-0.1, -0.05) is 67.4 Å². The van der Waals surface area contributed by atoms with Gasteiger partial charge in [0.05, 0.1) is 10.0 Å². The smallest absolute Gasteiger partial charge is 0.166 e. The molecule has 0 spiro atoms. The average Bonchev–Trinajstić information content (AvgIpc) is 2.46. The van der Waals surface area contributed by atoms with Crippen LogP contribution in [0.25, 0.3) is 21.5 Å². The first-order valence-electron chi connectivity index (χ1n) is 6.84. The lowest BCUT2D eigenvalue weighted by Gasteiger charge is -2.12. The van der Waals surface area contributed by atoms with Crippen LogP contribution in [0.3, 0.4) is 0 Å². The number of rotatable bonds is 2. The van der Waals surface area contributed by atoms with Crippen LogP contribution in [-0.4, -0.2) is 5.78 Å². The second-order valence-corrected chi connectivity index (χ2v) is 6.23. The Morgan fingerprint density at radius 1 is 1.00 bits per heavy atom. The van der Waals surface area contributed by atoms with Crippen molar-refractivity contribution in [3.8, 4) is 0 Å². The Morgan fingerprint density at radius 2 is 1.71 bits per heavy atom. The summed E-state index contributed by atoms with van der Waals surface area (Å²) in [6, 6.07) is 13.6. The maximum Gasteiger partial charge on any atom is 0.166 e. The SMILES string of the molecule is CC(C)C(=O)c1ccc2c(c(Cl)cc3ccccc32)c1Cl. The molecule has 0 heterocycles. The van der Waals surface area contributed by atoms with Crippen LogP contribution in [0.5, 0.6) is 0 Å². The van der Waals surface area contributed by atoms with Crippen LogP contribution in [0.15, 0.2) is 42.5 Å². The van der Waals surface area contributed by atoms with Gasteiger partial charge in [-0.2, -0.15) is 0 Å². The summed E-state index contributed by atoms with van der Waals surface area (Å²) in [5.74, 6) is -0.0645. The highest BCUT2D eigenvalue weighted by Gasteiger charge is 2.18. The molecular formula is C18H14Cl2O. The summed E-state index contributed by atoms with van der Waals surface area (Å²) in [6.07, 6.45) is 0. The topological polar surface area (TPSA) is 17.1 Å². The molecule has 1 nitrogen and oxygen atoms in total. The number of ketones is 1. The van der Waals surface area contributed by atoms with Crippen LogP contribution in [0.2, 0.25) is 10.0 Å². The number of hydrogen-bond acceptors (Lipinski definition) is 1. The molecule has 0 aliphatic carbocycles. The minimum atomic E-state index is -0.0980. The van der Waals surface area contributed by atoms with E-state index in [4.69, 9.17) is 23.2 Å². The normalized spacial score (nSPS) is 11.5. The number of carbonyl (C=O) groups is 1. The molecule has 3 heteroatoms. The molecule has 3 aromatic carbocycles. The van der Waals surface area contributed by atoms with Gasteiger partial charge in [0.1, 0.15) is 0 Å². The van der Waals surface area contributed by atoms with Crippen molar-refractivity contribution in [1.29, 1.82) is 0 Å². The van der Waals surface area contributed by atoms with Gasteiger partial charge in [-0.25, -0.2) is 0 Å². The Hall–Kier alpha value is -1.57. The second-order valence-electron chi connectivity index (χ2n) is 5.45. The first-order valence-corrected chi connectivity index (χ1v) is 7.60. The number of halogens is 2. The first kappa shape index (κ1) is 14.4. The molecule has 106 valence electrons. The highest BCUT2D eigenvalue weighted by atomic mass is 35.5. The number of fused-ring (bicyclic) bond motifs is 3. The molecule has 3 rings (SSSR count). The maximum absolute atomic E-state index is 12.3. The van der Waals surface area contributed by atoms with Gasteiger partial charge in [0.25, 0.3) is 0 Å². The summed E-state index contributed by atoms with van der Waals surface area (Å²) in [7, 11) is 0. The number of Topliss-reactive ketones (excluding diaryl/α,β-unsaturated/α-hetero) is 1. The lowest BCUT2D eigenvalue weighted by atomic mass is 9.95. The van der Waals surface area contributed by atoms with Gasteiger partial charge in [0.15, 0.2) is 5.78 Å². The molecule has 0 saturated heterocycles. The van der Waals surface area contributed by atoms with Gasteiger partial charge < -0.3 is 0 Å².